The first-order valence-electron chi connectivity index (χ1n) is 37.2. The number of amides is 1. The standard InChI is InChI=1S/C73H135NO18/c1-3-5-7-9-11-13-15-17-19-21-22-23-24-25-26-27-28-29-30-31-32-33-35-36-38-40-42-44-46-48-50-57(78)56(74-61(79)51-49-47-45-43-41-39-37-34-20-18-16-14-12-10-8-6-4-2)55-87-71-67(85)64(82)69(59(53-76)89-71)92-73-68(86)65(83)70(60(54-77)90-73)91-72-66(84)63(81)62(80)58(52-75)88-72/h12,14,18,20,48,50,56-60,62-73,75-78,80-86H,3-11,13,15-17,19,21-47,49,51-55H2,1-2H3,(H,74,79)/b14-12-,20-18-,50-48+. The maximum atomic E-state index is 13.4. The molecule has 0 radical (unpaired) electrons. The zero-order valence-electron chi connectivity index (χ0n) is 57.3. The van der Waals surface area contributed by atoms with Crippen molar-refractivity contribution in [1.29, 1.82) is 0 Å². The molecule has 3 fully saturated rings. The van der Waals surface area contributed by atoms with Crippen LogP contribution in [0.15, 0.2) is 36.5 Å². The summed E-state index contributed by atoms with van der Waals surface area (Å²) in [7, 11) is 0. The molecule has 92 heavy (non-hydrogen) atoms. The van der Waals surface area contributed by atoms with Gasteiger partial charge in [0.2, 0.25) is 5.91 Å². The zero-order chi connectivity index (χ0) is 66.8. The predicted molar refractivity (Wildman–Crippen MR) is 360 cm³/mol. The number of hydrogen-bond donors (Lipinski definition) is 12. The molecule has 0 bridgehead atoms. The van der Waals surface area contributed by atoms with Gasteiger partial charge in [-0.1, -0.05) is 269 Å². The lowest BCUT2D eigenvalue weighted by atomic mass is 9.96. The Labute approximate surface area is 555 Å². The van der Waals surface area contributed by atoms with Crippen molar-refractivity contribution < 1.29 is 89.4 Å². The van der Waals surface area contributed by atoms with Crippen molar-refractivity contribution in [3.63, 3.8) is 0 Å². The monoisotopic (exact) mass is 1310 g/mol. The third-order valence-electron chi connectivity index (χ3n) is 18.7. The van der Waals surface area contributed by atoms with E-state index in [1.807, 2.05) is 6.08 Å². The second-order valence-electron chi connectivity index (χ2n) is 26.8. The lowest BCUT2D eigenvalue weighted by molar-refractivity contribution is -0.379. The molecular formula is C73H135NO18. The lowest BCUT2D eigenvalue weighted by Gasteiger charge is -2.48. The second kappa shape index (κ2) is 55.0. The van der Waals surface area contributed by atoms with E-state index >= 15 is 0 Å². The Balaban J connectivity index is 1.39. The average molecular weight is 1310 g/mol. The molecule has 0 aliphatic carbocycles. The van der Waals surface area contributed by atoms with Crippen LogP contribution in [0.5, 0.6) is 0 Å². The first kappa shape index (κ1) is 84.2. The highest BCUT2D eigenvalue weighted by Crippen LogP contribution is 2.33. The van der Waals surface area contributed by atoms with Gasteiger partial charge in [0.25, 0.3) is 0 Å². The van der Waals surface area contributed by atoms with Crippen molar-refractivity contribution in [2.75, 3.05) is 26.4 Å². The van der Waals surface area contributed by atoms with Crippen LogP contribution >= 0.6 is 0 Å². The minimum absolute atomic E-state index is 0.235. The summed E-state index contributed by atoms with van der Waals surface area (Å²) in [6.07, 6.45) is 38.4. The topological polar surface area (TPSA) is 307 Å². The Kier molecular flexibility index (Phi) is 50.3. The van der Waals surface area contributed by atoms with Gasteiger partial charge in [0.05, 0.1) is 38.6 Å². The van der Waals surface area contributed by atoms with Crippen molar-refractivity contribution >= 4 is 5.91 Å². The molecule has 0 aromatic carbocycles. The quantitative estimate of drug-likeness (QED) is 0.0199. The first-order valence-corrected chi connectivity index (χ1v) is 37.2. The van der Waals surface area contributed by atoms with Crippen LogP contribution in [0.1, 0.15) is 290 Å². The predicted octanol–water partition coefficient (Wildman–Crippen LogP) is 10.8. The molecule has 19 heteroatoms. The number of aliphatic hydroxyl groups is 11. The fourth-order valence-electron chi connectivity index (χ4n) is 12.6. The molecule has 3 aliphatic heterocycles. The Hall–Kier alpha value is -1.99. The van der Waals surface area contributed by atoms with Crippen molar-refractivity contribution in [2.24, 2.45) is 0 Å². The van der Waals surface area contributed by atoms with Crippen LogP contribution in [0.4, 0.5) is 0 Å². The van der Waals surface area contributed by atoms with Gasteiger partial charge >= 0.3 is 0 Å². The average Bonchev–Trinajstić information content (AvgIpc) is 0.838. The van der Waals surface area contributed by atoms with Crippen LogP contribution in [0, 0.1) is 0 Å². The molecule has 540 valence electrons. The molecule has 19 nitrogen and oxygen atoms in total. The number of rotatable bonds is 58. The fraction of sp³-hybridized carbons (Fsp3) is 0.904. The summed E-state index contributed by atoms with van der Waals surface area (Å²) in [5, 5.41) is 121. The third kappa shape index (κ3) is 36.0. The Morgan fingerprint density at radius 1 is 0.391 bits per heavy atom. The largest absolute Gasteiger partial charge is 0.394 e. The summed E-state index contributed by atoms with van der Waals surface area (Å²) < 4.78 is 34.4. The molecule has 3 heterocycles. The molecule has 12 N–H and O–H groups in total. The van der Waals surface area contributed by atoms with E-state index in [0.717, 1.165) is 83.5 Å². The van der Waals surface area contributed by atoms with Gasteiger partial charge in [-0.2, -0.15) is 0 Å². The van der Waals surface area contributed by atoms with Crippen LogP contribution in [-0.4, -0.2) is 193 Å². The minimum Gasteiger partial charge on any atom is -0.394 e. The third-order valence-corrected chi connectivity index (χ3v) is 18.7. The molecule has 1 amide bonds. The van der Waals surface area contributed by atoms with Crippen LogP contribution in [0.25, 0.3) is 0 Å². The van der Waals surface area contributed by atoms with Gasteiger partial charge in [0.1, 0.15) is 73.2 Å². The van der Waals surface area contributed by atoms with Crippen LogP contribution in [0.2, 0.25) is 0 Å². The molecule has 0 aromatic rings. The summed E-state index contributed by atoms with van der Waals surface area (Å²) in [6, 6.07) is -0.978. The molecule has 17 atom stereocenters. The van der Waals surface area contributed by atoms with Crippen molar-refractivity contribution in [2.45, 2.75) is 394 Å². The fourth-order valence-corrected chi connectivity index (χ4v) is 12.6. The van der Waals surface area contributed by atoms with E-state index in [4.69, 9.17) is 28.4 Å². The smallest absolute Gasteiger partial charge is 0.220 e. The normalized spacial score (nSPS) is 27.9. The van der Waals surface area contributed by atoms with E-state index in [9.17, 15) is 61.0 Å². The molecule has 3 saturated heterocycles. The maximum Gasteiger partial charge on any atom is 0.220 e. The Morgan fingerprint density at radius 3 is 1.13 bits per heavy atom. The summed E-state index contributed by atoms with van der Waals surface area (Å²) >= 11 is 0. The van der Waals surface area contributed by atoms with E-state index in [-0.39, 0.29) is 18.9 Å². The Bertz CT molecular complexity index is 1810. The highest BCUT2D eigenvalue weighted by Gasteiger charge is 2.53. The van der Waals surface area contributed by atoms with Gasteiger partial charge in [-0.15, -0.1) is 0 Å². The van der Waals surface area contributed by atoms with Gasteiger partial charge in [-0.25, -0.2) is 0 Å². The lowest BCUT2D eigenvalue weighted by Crippen LogP contribution is -2.66. The van der Waals surface area contributed by atoms with Crippen molar-refractivity contribution in [3.8, 4) is 0 Å². The number of aliphatic hydroxyl groups excluding tert-OH is 11. The number of carbonyl (C=O) groups excluding carboxylic acids is 1. The van der Waals surface area contributed by atoms with Gasteiger partial charge in [-0.05, 0) is 51.4 Å². The Morgan fingerprint density at radius 2 is 0.717 bits per heavy atom. The number of unbranched alkanes of at least 4 members (excludes halogenated alkanes) is 38. The molecule has 0 saturated carbocycles. The van der Waals surface area contributed by atoms with Crippen LogP contribution in [-0.2, 0) is 33.2 Å². The van der Waals surface area contributed by atoms with E-state index < -0.39 is 124 Å². The summed E-state index contributed by atoms with van der Waals surface area (Å²) in [5.74, 6) is -0.281. The highest BCUT2D eigenvalue weighted by molar-refractivity contribution is 5.76. The molecular weight excluding hydrogens is 1180 g/mol. The number of nitrogens with one attached hydrogen (secondary N) is 1. The second-order valence-corrected chi connectivity index (χ2v) is 26.8. The first-order chi connectivity index (χ1) is 44.8. The van der Waals surface area contributed by atoms with E-state index in [2.05, 4.69) is 43.5 Å². The minimum atomic E-state index is -1.98. The summed E-state index contributed by atoms with van der Waals surface area (Å²) in [5.41, 5.74) is 0. The maximum absolute atomic E-state index is 13.4. The zero-order valence-corrected chi connectivity index (χ0v) is 57.3. The van der Waals surface area contributed by atoms with Crippen molar-refractivity contribution in [1.82, 2.24) is 5.32 Å². The van der Waals surface area contributed by atoms with Gasteiger partial charge < -0.3 is 89.9 Å². The number of ether oxygens (including phenoxy) is 6. The molecule has 0 spiro atoms. The van der Waals surface area contributed by atoms with Gasteiger partial charge in [0.15, 0.2) is 18.9 Å². The van der Waals surface area contributed by atoms with Gasteiger partial charge in [-0.3, -0.25) is 4.79 Å². The number of carbonyl (C=O) groups is 1. The number of allylic oxidation sites excluding steroid dienone is 5. The van der Waals surface area contributed by atoms with Crippen LogP contribution in [0.3, 0.4) is 0 Å². The molecule has 3 aliphatic rings. The van der Waals surface area contributed by atoms with Gasteiger partial charge in [0, 0.05) is 6.42 Å². The highest BCUT2D eigenvalue weighted by atomic mass is 16.8. The van der Waals surface area contributed by atoms with Crippen molar-refractivity contribution in [3.05, 3.63) is 36.5 Å². The molecule has 3 rings (SSSR count). The van der Waals surface area contributed by atoms with E-state index in [0.29, 0.717) is 6.42 Å². The number of hydrogen-bond acceptors (Lipinski definition) is 18. The molecule has 0 aromatic heterocycles. The van der Waals surface area contributed by atoms with E-state index in [1.165, 1.54) is 180 Å². The van der Waals surface area contributed by atoms with Crippen LogP contribution < -0.4 is 5.32 Å². The summed E-state index contributed by atoms with van der Waals surface area (Å²) in [4.78, 5) is 13.4. The van der Waals surface area contributed by atoms with E-state index in [1.54, 1.807) is 6.08 Å². The summed E-state index contributed by atoms with van der Waals surface area (Å²) in [6.45, 7) is 1.73. The SMILES string of the molecule is CCCCC/C=C\C/C=C\CCCCCCCCCC(=O)NC(COC1OC(CO)C(OC2OC(CO)C(OC3OC(CO)C(O)C(O)C3O)C(O)C2O)C(O)C1O)C(O)/C=C/CCCCCCCCCCCCCCCCCCCCCCCCCCCCCC. The molecule has 17 unspecified atom stereocenters.